The first-order chi connectivity index (χ1) is 6.06. The zero-order chi connectivity index (χ0) is 10.0. The molecule has 72 valence electrons. The van der Waals surface area contributed by atoms with Gasteiger partial charge in [0.1, 0.15) is 11.6 Å². The molecule has 0 radical (unpaired) electrons. The summed E-state index contributed by atoms with van der Waals surface area (Å²) in [7, 11) is 0. The molecule has 1 atom stereocenters. The number of hydrogen-bond acceptors (Lipinski definition) is 1. The van der Waals surface area contributed by atoms with Crippen molar-refractivity contribution >= 4 is 11.1 Å². The summed E-state index contributed by atoms with van der Waals surface area (Å²) in [5.74, 6) is -1.56. The number of rotatable bonds is 2. The Labute approximate surface area is 76.9 Å². The van der Waals surface area contributed by atoms with Crippen LogP contribution in [0.5, 0.6) is 0 Å². The smallest absolute Gasteiger partial charge is 0.186 e. The Morgan fingerprint density at radius 1 is 1.38 bits per heavy atom. The lowest BCUT2D eigenvalue weighted by molar-refractivity contribution is 0.540. The van der Waals surface area contributed by atoms with Gasteiger partial charge in [-0.3, -0.25) is 0 Å². The topological polar surface area (TPSA) is 37.3 Å². The maximum atomic E-state index is 13.0. The third-order valence-electron chi connectivity index (χ3n) is 1.67. The molecule has 13 heavy (non-hydrogen) atoms. The largest absolute Gasteiger partial charge is 0.302 e. The fraction of sp³-hybridized carbons (Fsp3) is 0.250. The van der Waals surface area contributed by atoms with Crippen molar-refractivity contribution in [2.45, 2.75) is 18.2 Å². The third-order valence-corrected chi connectivity index (χ3v) is 2.31. The Bertz CT molecular complexity index is 329. The van der Waals surface area contributed by atoms with Crippen molar-refractivity contribution < 1.29 is 17.5 Å². The van der Waals surface area contributed by atoms with E-state index in [1.165, 1.54) is 0 Å². The van der Waals surface area contributed by atoms with E-state index in [2.05, 4.69) is 0 Å². The van der Waals surface area contributed by atoms with Gasteiger partial charge in [0.05, 0.1) is 4.90 Å². The van der Waals surface area contributed by atoms with Crippen molar-refractivity contribution in [3.63, 3.8) is 0 Å². The van der Waals surface area contributed by atoms with Gasteiger partial charge in [0.2, 0.25) is 0 Å². The van der Waals surface area contributed by atoms with Crippen LogP contribution in [0.1, 0.15) is 12.5 Å². The molecule has 1 unspecified atom stereocenters. The van der Waals surface area contributed by atoms with Gasteiger partial charge in [-0.05, 0) is 18.6 Å². The third kappa shape index (κ3) is 2.10. The average molecular weight is 206 g/mol. The highest BCUT2D eigenvalue weighted by Crippen LogP contribution is 2.17. The minimum absolute atomic E-state index is 0.0609. The van der Waals surface area contributed by atoms with Crippen LogP contribution in [0.15, 0.2) is 17.0 Å². The fourth-order valence-corrected chi connectivity index (χ4v) is 1.43. The first-order valence-electron chi connectivity index (χ1n) is 3.65. The van der Waals surface area contributed by atoms with Crippen LogP contribution in [-0.2, 0) is 17.5 Å². The van der Waals surface area contributed by atoms with E-state index in [1.807, 2.05) is 0 Å². The lowest BCUT2D eigenvalue weighted by Gasteiger charge is -2.03. The molecule has 0 saturated carbocycles. The van der Waals surface area contributed by atoms with Crippen molar-refractivity contribution in [1.29, 1.82) is 0 Å². The Morgan fingerprint density at radius 3 is 2.15 bits per heavy atom. The summed E-state index contributed by atoms with van der Waals surface area (Å²) in [6.07, 6.45) is 0.218. The first kappa shape index (κ1) is 10.3. The zero-order valence-corrected chi connectivity index (χ0v) is 7.70. The maximum Gasteiger partial charge on any atom is 0.186 e. The molecule has 0 aliphatic rings. The second-order valence-corrected chi connectivity index (χ2v) is 3.44. The van der Waals surface area contributed by atoms with Gasteiger partial charge in [0.25, 0.3) is 0 Å². The van der Waals surface area contributed by atoms with Crippen LogP contribution in [0, 0.1) is 11.6 Å². The van der Waals surface area contributed by atoms with Gasteiger partial charge in [-0.2, -0.15) is 0 Å². The number of hydrogen-bond donors (Lipinski definition) is 1. The van der Waals surface area contributed by atoms with Gasteiger partial charge >= 0.3 is 0 Å². The predicted molar refractivity (Wildman–Crippen MR) is 44.8 cm³/mol. The summed E-state index contributed by atoms with van der Waals surface area (Å²) >= 11 is -2.34. The molecule has 0 aromatic heterocycles. The van der Waals surface area contributed by atoms with Gasteiger partial charge in [-0.1, -0.05) is 6.92 Å². The predicted octanol–water partition coefficient (Wildman–Crippen LogP) is 2.11. The van der Waals surface area contributed by atoms with Gasteiger partial charge in [-0.15, -0.1) is 0 Å². The highest BCUT2D eigenvalue weighted by atomic mass is 32.2. The molecule has 5 heteroatoms. The van der Waals surface area contributed by atoms with Crippen LogP contribution in [0.2, 0.25) is 0 Å². The van der Waals surface area contributed by atoms with E-state index < -0.39 is 22.7 Å². The molecule has 0 spiro atoms. The Hall–Kier alpha value is -0.810. The summed E-state index contributed by atoms with van der Waals surface area (Å²) in [5.41, 5.74) is -0.0609. The van der Waals surface area contributed by atoms with Crippen LogP contribution in [-0.4, -0.2) is 8.76 Å². The number of halogens is 2. The van der Waals surface area contributed by atoms with Gasteiger partial charge in [0, 0.05) is 5.56 Å². The summed E-state index contributed by atoms with van der Waals surface area (Å²) in [5, 5.41) is 0. The van der Waals surface area contributed by atoms with Gasteiger partial charge in [-0.25, -0.2) is 13.0 Å². The van der Waals surface area contributed by atoms with Gasteiger partial charge < -0.3 is 4.55 Å². The molecule has 1 N–H and O–H groups in total. The van der Waals surface area contributed by atoms with E-state index in [9.17, 15) is 13.0 Å². The molecule has 0 fully saturated rings. The monoisotopic (exact) mass is 206 g/mol. The lowest BCUT2D eigenvalue weighted by Crippen LogP contribution is -1.98. The first-order valence-corrected chi connectivity index (χ1v) is 4.75. The highest BCUT2D eigenvalue weighted by Gasteiger charge is 2.11. The van der Waals surface area contributed by atoms with E-state index in [0.29, 0.717) is 0 Å². The molecule has 0 aliphatic heterocycles. The quantitative estimate of drug-likeness (QED) is 0.752. The zero-order valence-electron chi connectivity index (χ0n) is 6.88. The maximum absolute atomic E-state index is 13.0. The van der Waals surface area contributed by atoms with Crippen molar-refractivity contribution in [3.05, 3.63) is 29.3 Å². The summed E-state index contributed by atoms with van der Waals surface area (Å²) in [4.78, 5) is -0.257. The van der Waals surface area contributed by atoms with E-state index in [1.54, 1.807) is 6.92 Å². The van der Waals surface area contributed by atoms with Gasteiger partial charge in [0.15, 0.2) is 11.1 Å². The standard InChI is InChI=1S/C8H8F2O2S/c1-2-6-7(9)3-5(13(11)12)4-8(6)10/h3-4H,2H2,1H3,(H,11,12). The second-order valence-electron chi connectivity index (χ2n) is 2.47. The summed E-state index contributed by atoms with van der Waals surface area (Å²) in [6.45, 7) is 1.61. The molecule has 0 heterocycles. The van der Waals surface area contributed by atoms with Crippen molar-refractivity contribution in [3.8, 4) is 0 Å². The molecule has 0 saturated heterocycles. The Kier molecular flexibility index (Phi) is 3.11. The SMILES string of the molecule is CCc1c(F)cc(S(=O)O)cc1F. The van der Waals surface area contributed by atoms with E-state index in [0.717, 1.165) is 12.1 Å². The van der Waals surface area contributed by atoms with Crippen LogP contribution in [0.4, 0.5) is 8.78 Å². The van der Waals surface area contributed by atoms with E-state index in [4.69, 9.17) is 4.55 Å². The second kappa shape index (κ2) is 3.93. The summed E-state index contributed by atoms with van der Waals surface area (Å²) < 4.78 is 45.0. The van der Waals surface area contributed by atoms with Crippen molar-refractivity contribution in [2.75, 3.05) is 0 Å². The minimum Gasteiger partial charge on any atom is -0.302 e. The van der Waals surface area contributed by atoms with Crippen LogP contribution in [0.25, 0.3) is 0 Å². The van der Waals surface area contributed by atoms with E-state index in [-0.39, 0.29) is 16.9 Å². The molecule has 0 aliphatic carbocycles. The molecule has 1 aromatic carbocycles. The normalized spacial score (nSPS) is 12.9. The van der Waals surface area contributed by atoms with Crippen LogP contribution in [0.3, 0.4) is 0 Å². The Morgan fingerprint density at radius 2 is 1.85 bits per heavy atom. The Balaban J connectivity index is 3.28. The number of benzene rings is 1. The molecule has 1 rings (SSSR count). The molecular formula is C8H8F2O2S. The molecule has 1 aromatic rings. The average Bonchev–Trinajstić information content (AvgIpc) is 2.03. The molecular weight excluding hydrogens is 198 g/mol. The van der Waals surface area contributed by atoms with Crippen LogP contribution < -0.4 is 0 Å². The lowest BCUT2D eigenvalue weighted by atomic mass is 10.1. The molecule has 0 bridgehead atoms. The molecule has 0 amide bonds. The molecule has 2 nitrogen and oxygen atoms in total. The van der Waals surface area contributed by atoms with Crippen molar-refractivity contribution in [1.82, 2.24) is 0 Å². The van der Waals surface area contributed by atoms with Crippen LogP contribution >= 0.6 is 0 Å². The van der Waals surface area contributed by atoms with E-state index >= 15 is 0 Å². The summed E-state index contributed by atoms with van der Waals surface area (Å²) in [6, 6.07) is 1.75. The minimum atomic E-state index is -2.34. The highest BCUT2D eigenvalue weighted by molar-refractivity contribution is 7.79. The fourth-order valence-electron chi connectivity index (χ4n) is 1.02. The van der Waals surface area contributed by atoms with Crippen molar-refractivity contribution in [2.24, 2.45) is 0 Å².